The lowest BCUT2D eigenvalue weighted by Crippen LogP contribution is -2.44. The number of fused-ring (bicyclic) bond motifs is 1. The summed E-state index contributed by atoms with van der Waals surface area (Å²) in [6.07, 6.45) is 8.60. The second-order valence-electron chi connectivity index (χ2n) is 11.6. The minimum Gasteiger partial charge on any atom is -0.508 e. The molecule has 2 aromatic carbocycles. The number of anilines is 1. The molecule has 45 heavy (non-hydrogen) atoms. The Morgan fingerprint density at radius 1 is 1.18 bits per heavy atom. The molecule has 0 bridgehead atoms. The molecule has 5 rings (SSSR count). The highest BCUT2D eigenvalue weighted by molar-refractivity contribution is 6.05. The number of nitrogens with one attached hydrogen (secondary N) is 3. The summed E-state index contributed by atoms with van der Waals surface area (Å²) in [5.41, 5.74) is 3.30. The van der Waals surface area contributed by atoms with Crippen molar-refractivity contribution in [3.63, 3.8) is 0 Å². The molecule has 1 fully saturated rings. The number of carbonyl (C=O) groups excluding carboxylic acids is 2. The number of pyridine rings is 1. The van der Waals surface area contributed by atoms with Crippen molar-refractivity contribution in [1.82, 2.24) is 24.8 Å². The molecule has 4 N–H and O–H groups in total. The molecule has 0 radical (unpaired) electrons. The largest absolute Gasteiger partial charge is 0.508 e. The molecule has 1 aliphatic rings. The summed E-state index contributed by atoms with van der Waals surface area (Å²) in [7, 11) is 3.88. The van der Waals surface area contributed by atoms with Gasteiger partial charge < -0.3 is 30.2 Å². The van der Waals surface area contributed by atoms with Crippen molar-refractivity contribution < 1.29 is 19.1 Å². The maximum Gasteiger partial charge on any atom is 0.261 e. The third kappa shape index (κ3) is 8.36. The first-order valence-electron chi connectivity index (χ1n) is 15.5. The summed E-state index contributed by atoms with van der Waals surface area (Å²) >= 11 is 0. The van der Waals surface area contributed by atoms with E-state index in [9.17, 15) is 18.8 Å². The van der Waals surface area contributed by atoms with Crippen LogP contribution in [0.15, 0.2) is 47.4 Å². The van der Waals surface area contributed by atoms with E-state index in [0.29, 0.717) is 51.1 Å². The van der Waals surface area contributed by atoms with E-state index < -0.39 is 5.82 Å². The summed E-state index contributed by atoms with van der Waals surface area (Å²) < 4.78 is 12.2. The zero-order valence-electron chi connectivity index (χ0n) is 26.5. The predicted molar refractivity (Wildman–Crippen MR) is 176 cm³/mol. The number of phenols is 1. The molecule has 0 atom stereocenters. The van der Waals surface area contributed by atoms with Crippen molar-refractivity contribution in [2.45, 2.75) is 58.4 Å². The number of piperidine rings is 1. The third-order valence-corrected chi connectivity index (χ3v) is 8.28. The first-order valence-corrected chi connectivity index (χ1v) is 15.5. The average molecular weight is 619 g/mol. The number of aldehydes is 1. The normalized spacial score (nSPS) is 13.7. The van der Waals surface area contributed by atoms with Gasteiger partial charge in [0.2, 0.25) is 0 Å². The topological polar surface area (TPSA) is 134 Å². The maximum absolute atomic E-state index is 13.4. The molecule has 10 nitrogen and oxygen atoms in total. The molecule has 1 aliphatic heterocycles. The summed E-state index contributed by atoms with van der Waals surface area (Å²) in [5.74, 6) is -0.189. The van der Waals surface area contributed by atoms with Gasteiger partial charge in [0.05, 0.1) is 22.3 Å². The van der Waals surface area contributed by atoms with Crippen LogP contribution in [0.2, 0.25) is 0 Å². The molecule has 11 heteroatoms. The molecule has 0 aliphatic carbocycles. The number of aromatic hydroxyl groups is 1. The van der Waals surface area contributed by atoms with Crippen LogP contribution in [0, 0.1) is 12.7 Å². The first kappa shape index (κ1) is 33.4. The molecule has 1 amide bonds. The van der Waals surface area contributed by atoms with Crippen LogP contribution in [-0.2, 0) is 0 Å². The number of likely N-dealkylation sites (tertiary alicyclic amines) is 1. The van der Waals surface area contributed by atoms with E-state index in [1.54, 1.807) is 37.2 Å². The van der Waals surface area contributed by atoms with Crippen LogP contribution >= 0.6 is 0 Å². The summed E-state index contributed by atoms with van der Waals surface area (Å²) in [5, 5.41) is 12.2. The molecular weight excluding hydrogens is 575 g/mol. The first-order chi connectivity index (χ1) is 21.6. The smallest absolute Gasteiger partial charge is 0.261 e. The molecule has 3 heterocycles. The van der Waals surface area contributed by atoms with Crippen molar-refractivity contribution in [3.8, 4) is 17.1 Å². The van der Waals surface area contributed by atoms with E-state index >= 15 is 0 Å². The Balaban J connectivity index is 0.000000440. The van der Waals surface area contributed by atoms with Crippen LogP contribution in [-0.4, -0.2) is 81.8 Å². The number of benzene rings is 2. The number of hydrogen-bond acceptors (Lipinski definition) is 7. The van der Waals surface area contributed by atoms with E-state index in [4.69, 9.17) is 5.11 Å². The molecule has 1 saturated heterocycles. The number of imidazole rings is 1. The number of H-pyrrole nitrogens is 2. The average Bonchev–Trinajstić information content (AvgIpc) is 3.44. The lowest BCUT2D eigenvalue weighted by Gasteiger charge is -2.35. The molecular formula is C34H43FN6O4. The standard InChI is InChI=1S/C27H36N6O3.C7H7FO/c1-4-5-6-7-11-28-21-8-12-29-26(35)24(21)25-30-22-15-18(17-34)20(16-23(22)31-25)27(36)33(3)19-9-13-32(2)14-10-19;1-5-2-3-6(8)4-7(5)9/h8,12,15-17,19H,4-7,9-11,13-14H2,1-3H3,(H,30,31)(H2,28,29,35);2-4,9H,1H3. The van der Waals surface area contributed by atoms with Crippen LogP contribution in [0.25, 0.3) is 22.4 Å². The fourth-order valence-corrected chi connectivity index (χ4v) is 5.43. The van der Waals surface area contributed by atoms with E-state index in [1.807, 2.05) is 6.07 Å². The van der Waals surface area contributed by atoms with Crippen molar-refractivity contribution in [2.75, 3.05) is 39.0 Å². The number of aromatic amines is 2. The van der Waals surface area contributed by atoms with Crippen molar-refractivity contribution in [2.24, 2.45) is 0 Å². The Morgan fingerprint density at radius 2 is 1.93 bits per heavy atom. The molecule has 4 aromatic rings. The van der Waals surface area contributed by atoms with Crippen molar-refractivity contribution >= 4 is 28.9 Å². The number of unbranched alkanes of at least 4 members (excludes halogenated alkanes) is 3. The number of phenolic OH excluding ortho intramolecular Hbond substituents is 1. The van der Waals surface area contributed by atoms with Crippen LogP contribution in [0.1, 0.15) is 71.7 Å². The van der Waals surface area contributed by atoms with Gasteiger partial charge in [-0.2, -0.15) is 0 Å². The Morgan fingerprint density at radius 3 is 2.60 bits per heavy atom. The van der Waals surface area contributed by atoms with Gasteiger partial charge in [0.15, 0.2) is 6.29 Å². The minimum atomic E-state index is -0.405. The second kappa shape index (κ2) is 15.5. The lowest BCUT2D eigenvalue weighted by atomic mass is 10.0. The number of halogens is 1. The van der Waals surface area contributed by atoms with Gasteiger partial charge in [-0.1, -0.05) is 32.3 Å². The van der Waals surface area contributed by atoms with Gasteiger partial charge in [0.25, 0.3) is 11.5 Å². The Hall–Kier alpha value is -4.51. The Bertz CT molecular complexity index is 1680. The number of amides is 1. The van der Waals surface area contributed by atoms with Crippen LogP contribution in [0.4, 0.5) is 10.1 Å². The number of aryl methyl sites for hydroxylation is 1. The Labute approximate surface area is 262 Å². The molecule has 0 unspecified atom stereocenters. The zero-order chi connectivity index (χ0) is 32.5. The Kier molecular flexibility index (Phi) is 11.5. The van der Waals surface area contributed by atoms with Crippen LogP contribution in [0.5, 0.6) is 5.75 Å². The predicted octanol–water partition coefficient (Wildman–Crippen LogP) is 5.73. The van der Waals surface area contributed by atoms with Crippen LogP contribution in [0.3, 0.4) is 0 Å². The lowest BCUT2D eigenvalue weighted by molar-refractivity contribution is 0.0657. The molecule has 0 spiro atoms. The summed E-state index contributed by atoms with van der Waals surface area (Å²) in [4.78, 5) is 52.6. The molecule has 0 saturated carbocycles. The summed E-state index contributed by atoms with van der Waals surface area (Å²) in [6, 6.07) is 9.19. The quantitative estimate of drug-likeness (QED) is 0.132. The van der Waals surface area contributed by atoms with Gasteiger partial charge in [0, 0.05) is 37.5 Å². The van der Waals surface area contributed by atoms with E-state index in [-0.39, 0.29) is 23.3 Å². The van der Waals surface area contributed by atoms with Gasteiger partial charge in [-0.05, 0) is 76.2 Å². The van der Waals surface area contributed by atoms with Gasteiger partial charge in [0.1, 0.15) is 23.0 Å². The monoisotopic (exact) mass is 618 g/mol. The number of hydrogen-bond donors (Lipinski definition) is 4. The highest BCUT2D eigenvalue weighted by Crippen LogP contribution is 2.27. The van der Waals surface area contributed by atoms with Gasteiger partial charge in [-0.3, -0.25) is 14.4 Å². The van der Waals surface area contributed by atoms with Gasteiger partial charge in [-0.15, -0.1) is 0 Å². The number of aromatic nitrogens is 3. The maximum atomic E-state index is 13.4. The zero-order valence-corrected chi connectivity index (χ0v) is 26.5. The number of carbonyl (C=O) groups is 2. The summed E-state index contributed by atoms with van der Waals surface area (Å²) in [6.45, 7) is 6.52. The number of rotatable bonds is 10. The minimum absolute atomic E-state index is 0.00926. The highest BCUT2D eigenvalue weighted by Gasteiger charge is 2.27. The second-order valence-corrected chi connectivity index (χ2v) is 11.6. The van der Waals surface area contributed by atoms with Crippen LogP contribution < -0.4 is 10.9 Å². The van der Waals surface area contributed by atoms with Crippen molar-refractivity contribution in [1.29, 1.82) is 0 Å². The van der Waals surface area contributed by atoms with Crippen molar-refractivity contribution in [3.05, 3.63) is 75.5 Å². The molecule has 2 aromatic heterocycles. The van der Waals surface area contributed by atoms with Gasteiger partial charge in [-0.25, -0.2) is 9.37 Å². The highest BCUT2D eigenvalue weighted by atomic mass is 19.1. The third-order valence-electron chi connectivity index (χ3n) is 8.28. The van der Waals surface area contributed by atoms with E-state index in [2.05, 4.69) is 39.1 Å². The number of nitrogens with zero attached hydrogens (tertiary/aromatic N) is 3. The SMILES string of the molecule is CCCCCCNc1cc[nH]c(=O)c1-c1nc2cc(C(=O)N(C)C3CCN(C)CC3)c(C=O)cc2[nH]1.Cc1ccc(F)cc1O. The van der Waals surface area contributed by atoms with E-state index in [1.165, 1.54) is 18.6 Å². The fourth-order valence-electron chi connectivity index (χ4n) is 5.43. The van der Waals surface area contributed by atoms with Gasteiger partial charge >= 0.3 is 0 Å². The van der Waals surface area contributed by atoms with E-state index in [0.717, 1.165) is 57.8 Å². The molecule has 240 valence electrons. The fraction of sp³-hybridized carbons (Fsp3) is 0.412.